The van der Waals surface area contributed by atoms with Crippen LogP contribution in [0.1, 0.15) is 20.3 Å². The average Bonchev–Trinajstić information content (AvgIpc) is 2.97. The van der Waals surface area contributed by atoms with Crippen molar-refractivity contribution in [1.29, 1.82) is 0 Å². The number of carbonyl (C=O) groups is 1. The monoisotopic (exact) mass is 365 g/mol. The highest BCUT2D eigenvalue weighted by atomic mass is 35.5. The SMILES string of the molecule is C[C@@H]1C[C@@H](C)CN(c2nnc(NC(=O)Nc3ccccc3Cl)s2)C1. The number of rotatable bonds is 3. The summed E-state index contributed by atoms with van der Waals surface area (Å²) in [5, 5.41) is 15.5. The van der Waals surface area contributed by atoms with Gasteiger partial charge in [-0.25, -0.2) is 4.79 Å². The molecule has 1 fully saturated rings. The number of urea groups is 1. The molecule has 2 N–H and O–H groups in total. The second kappa shape index (κ2) is 7.36. The number of hydrogen-bond acceptors (Lipinski definition) is 5. The van der Waals surface area contributed by atoms with Crippen molar-refractivity contribution in [2.24, 2.45) is 11.8 Å². The van der Waals surface area contributed by atoms with Crippen LogP contribution in [0.4, 0.5) is 20.7 Å². The van der Waals surface area contributed by atoms with Gasteiger partial charge in [-0.15, -0.1) is 10.2 Å². The van der Waals surface area contributed by atoms with Gasteiger partial charge in [0.15, 0.2) is 0 Å². The molecule has 3 rings (SSSR count). The number of carbonyl (C=O) groups excluding carboxylic acids is 1. The number of aromatic nitrogens is 2. The van der Waals surface area contributed by atoms with Crippen LogP contribution in [0.3, 0.4) is 0 Å². The molecule has 2 aromatic rings. The minimum Gasteiger partial charge on any atom is -0.346 e. The van der Waals surface area contributed by atoms with Crippen molar-refractivity contribution in [3.05, 3.63) is 29.3 Å². The number of halogens is 1. The minimum absolute atomic E-state index is 0.383. The second-order valence-corrected chi connectivity index (χ2v) is 7.66. The lowest BCUT2D eigenvalue weighted by Crippen LogP contribution is -2.38. The van der Waals surface area contributed by atoms with Crippen molar-refractivity contribution in [3.63, 3.8) is 0 Å². The average molecular weight is 366 g/mol. The lowest BCUT2D eigenvalue weighted by atomic mass is 9.92. The van der Waals surface area contributed by atoms with E-state index in [2.05, 4.69) is 39.6 Å². The third-order valence-electron chi connectivity index (χ3n) is 3.90. The summed E-state index contributed by atoms with van der Waals surface area (Å²) in [7, 11) is 0. The molecule has 1 aliphatic heterocycles. The molecule has 2 amide bonds. The summed E-state index contributed by atoms with van der Waals surface area (Å²) >= 11 is 7.42. The van der Waals surface area contributed by atoms with Crippen molar-refractivity contribution in [1.82, 2.24) is 10.2 Å². The number of nitrogens with one attached hydrogen (secondary N) is 2. The maximum absolute atomic E-state index is 12.1. The van der Waals surface area contributed by atoms with Gasteiger partial charge in [-0.05, 0) is 30.4 Å². The van der Waals surface area contributed by atoms with E-state index in [0.717, 1.165) is 18.2 Å². The van der Waals surface area contributed by atoms with Crippen molar-refractivity contribution in [2.45, 2.75) is 20.3 Å². The summed E-state index contributed by atoms with van der Waals surface area (Å²) in [6.07, 6.45) is 1.24. The molecule has 2 heterocycles. The van der Waals surface area contributed by atoms with Crippen LogP contribution < -0.4 is 15.5 Å². The van der Waals surface area contributed by atoms with Crippen LogP contribution in [-0.2, 0) is 0 Å². The van der Waals surface area contributed by atoms with Crippen LogP contribution in [0.2, 0.25) is 5.02 Å². The van der Waals surface area contributed by atoms with Crippen molar-refractivity contribution < 1.29 is 4.79 Å². The highest BCUT2D eigenvalue weighted by Crippen LogP contribution is 2.30. The van der Waals surface area contributed by atoms with E-state index in [0.29, 0.717) is 27.7 Å². The highest BCUT2D eigenvalue weighted by Gasteiger charge is 2.24. The van der Waals surface area contributed by atoms with E-state index < -0.39 is 0 Å². The summed E-state index contributed by atoms with van der Waals surface area (Å²) in [6, 6.07) is 6.70. The molecule has 1 aromatic heterocycles. The third-order valence-corrected chi connectivity index (χ3v) is 5.13. The quantitative estimate of drug-likeness (QED) is 0.849. The number of piperidine rings is 1. The van der Waals surface area contributed by atoms with Gasteiger partial charge in [0.25, 0.3) is 0 Å². The normalized spacial score (nSPS) is 20.7. The van der Waals surface area contributed by atoms with E-state index in [1.54, 1.807) is 12.1 Å². The minimum atomic E-state index is -0.383. The molecular weight excluding hydrogens is 346 g/mol. The number of para-hydroxylation sites is 1. The van der Waals surface area contributed by atoms with Crippen molar-refractivity contribution in [2.75, 3.05) is 28.6 Å². The lowest BCUT2D eigenvalue weighted by molar-refractivity contribution is 0.262. The molecule has 1 aromatic carbocycles. The largest absolute Gasteiger partial charge is 0.346 e. The van der Waals surface area contributed by atoms with Crippen LogP contribution in [0, 0.1) is 11.8 Å². The summed E-state index contributed by atoms with van der Waals surface area (Å²) in [6.45, 7) is 6.45. The highest BCUT2D eigenvalue weighted by molar-refractivity contribution is 7.19. The Hall–Kier alpha value is -1.86. The summed E-state index contributed by atoms with van der Waals surface area (Å²) < 4.78 is 0. The first-order chi connectivity index (χ1) is 11.5. The van der Waals surface area contributed by atoms with Crippen LogP contribution in [0.25, 0.3) is 0 Å². The van der Waals surface area contributed by atoms with Crippen LogP contribution in [-0.4, -0.2) is 29.3 Å². The molecule has 0 radical (unpaired) electrons. The van der Waals surface area contributed by atoms with Crippen LogP contribution in [0.5, 0.6) is 0 Å². The first kappa shape index (κ1) is 17.0. The van der Waals surface area contributed by atoms with Gasteiger partial charge in [0.05, 0.1) is 10.7 Å². The van der Waals surface area contributed by atoms with E-state index in [-0.39, 0.29) is 6.03 Å². The molecule has 24 heavy (non-hydrogen) atoms. The molecule has 6 nitrogen and oxygen atoms in total. The zero-order valence-electron chi connectivity index (χ0n) is 13.6. The molecule has 128 valence electrons. The predicted octanol–water partition coefficient (Wildman–Crippen LogP) is 4.32. The molecule has 2 atom stereocenters. The molecular formula is C16H20ClN5OS. The molecule has 1 saturated heterocycles. The van der Waals surface area contributed by atoms with Crippen LogP contribution in [0.15, 0.2) is 24.3 Å². The molecule has 0 saturated carbocycles. The zero-order chi connectivity index (χ0) is 17.1. The van der Waals surface area contributed by atoms with Crippen LogP contribution >= 0.6 is 22.9 Å². The lowest BCUT2D eigenvalue weighted by Gasteiger charge is -2.34. The van der Waals surface area contributed by atoms with Crippen molar-refractivity contribution in [3.8, 4) is 0 Å². The number of amides is 2. The Morgan fingerprint density at radius 1 is 1.21 bits per heavy atom. The number of hydrogen-bond donors (Lipinski definition) is 2. The van der Waals surface area contributed by atoms with Gasteiger partial charge in [-0.1, -0.05) is 48.9 Å². The van der Waals surface area contributed by atoms with E-state index >= 15 is 0 Å². The maximum Gasteiger partial charge on any atom is 0.325 e. The molecule has 0 unspecified atom stereocenters. The molecule has 8 heteroatoms. The first-order valence-electron chi connectivity index (χ1n) is 7.92. The Kier molecular flexibility index (Phi) is 5.20. The molecule has 1 aliphatic rings. The standard InChI is InChI=1S/C16H20ClN5OS/c1-10-7-11(2)9-22(8-10)16-21-20-15(24-16)19-14(23)18-13-6-4-3-5-12(13)17/h3-6,10-11H,7-9H2,1-2H3,(H2,18,19,20,23)/t10-,11-/m1/s1. The topological polar surface area (TPSA) is 70.2 Å². The first-order valence-corrected chi connectivity index (χ1v) is 9.11. The Balaban J connectivity index is 1.61. The molecule has 0 aliphatic carbocycles. The third kappa shape index (κ3) is 4.15. The fraction of sp³-hybridized carbons (Fsp3) is 0.438. The van der Waals surface area contributed by atoms with Gasteiger partial charge in [0, 0.05) is 13.1 Å². The second-order valence-electron chi connectivity index (χ2n) is 6.30. The number of anilines is 3. The number of nitrogens with zero attached hydrogens (tertiary/aromatic N) is 3. The van der Waals surface area contributed by atoms with Gasteiger partial charge < -0.3 is 10.2 Å². The van der Waals surface area contributed by atoms with E-state index in [1.807, 2.05) is 12.1 Å². The maximum atomic E-state index is 12.1. The Labute approximate surface area is 150 Å². The van der Waals surface area contributed by atoms with Crippen molar-refractivity contribution >= 4 is 44.9 Å². The van der Waals surface area contributed by atoms with Gasteiger partial charge >= 0.3 is 6.03 Å². The van der Waals surface area contributed by atoms with E-state index in [4.69, 9.17) is 11.6 Å². The molecule has 0 spiro atoms. The van der Waals surface area contributed by atoms with Gasteiger partial charge in [0.1, 0.15) is 0 Å². The van der Waals surface area contributed by atoms with Gasteiger partial charge in [0.2, 0.25) is 10.3 Å². The summed E-state index contributed by atoms with van der Waals surface area (Å²) in [4.78, 5) is 14.3. The Morgan fingerprint density at radius 2 is 1.92 bits per heavy atom. The fourth-order valence-electron chi connectivity index (χ4n) is 3.03. The van der Waals surface area contributed by atoms with E-state index in [9.17, 15) is 4.79 Å². The van der Waals surface area contributed by atoms with Gasteiger partial charge in [-0.3, -0.25) is 5.32 Å². The molecule has 0 bridgehead atoms. The Bertz CT molecular complexity index is 712. The predicted molar refractivity (Wildman–Crippen MR) is 99.2 cm³/mol. The Morgan fingerprint density at radius 3 is 2.62 bits per heavy atom. The summed E-state index contributed by atoms with van der Waals surface area (Å²) in [5.74, 6) is 1.27. The zero-order valence-corrected chi connectivity index (χ0v) is 15.2. The fourth-order valence-corrected chi connectivity index (χ4v) is 3.97. The van der Waals surface area contributed by atoms with Gasteiger partial charge in [-0.2, -0.15) is 0 Å². The summed E-state index contributed by atoms with van der Waals surface area (Å²) in [5.41, 5.74) is 0.556. The van der Waals surface area contributed by atoms with E-state index in [1.165, 1.54) is 17.8 Å². The number of benzene rings is 1. The smallest absolute Gasteiger partial charge is 0.325 e.